The molecule has 9 nitrogen and oxygen atoms in total. The maximum absolute atomic E-state index is 13.9. The smallest absolute Gasteiger partial charge is 0.429 e. The highest BCUT2D eigenvalue weighted by molar-refractivity contribution is 6.00. The van der Waals surface area contributed by atoms with Crippen molar-refractivity contribution in [1.29, 1.82) is 0 Å². The van der Waals surface area contributed by atoms with Crippen molar-refractivity contribution < 1.29 is 28.7 Å². The zero-order valence-electron chi connectivity index (χ0n) is 21.7. The number of nitrogens with one attached hydrogen (secondary N) is 1. The maximum Gasteiger partial charge on any atom is 0.429 e. The second-order valence-corrected chi connectivity index (χ2v) is 9.73. The molecule has 3 aromatic carbocycles. The number of hydrogen-bond donors (Lipinski definition) is 1. The number of carbonyl (C=O) groups is 3. The molecule has 0 unspecified atom stereocenters. The van der Waals surface area contributed by atoms with E-state index in [0.29, 0.717) is 29.4 Å². The van der Waals surface area contributed by atoms with Crippen molar-refractivity contribution in [2.45, 2.75) is 44.3 Å². The molecule has 1 fully saturated rings. The Morgan fingerprint density at radius 2 is 2.00 bits per heavy atom. The Kier molecular flexibility index (Phi) is 7.20. The molecular weight excluding hydrogens is 486 g/mol. The van der Waals surface area contributed by atoms with E-state index in [4.69, 9.17) is 14.3 Å². The van der Waals surface area contributed by atoms with Gasteiger partial charge in [-0.15, -0.1) is 5.48 Å². The second-order valence-electron chi connectivity index (χ2n) is 9.73. The number of methoxy groups -OCH3 is 1. The van der Waals surface area contributed by atoms with E-state index in [-0.39, 0.29) is 19.1 Å². The number of likely N-dealkylation sites (N-methyl/N-ethyl adjacent to an activating group) is 1. The van der Waals surface area contributed by atoms with Gasteiger partial charge in [0.15, 0.2) is 6.04 Å². The fourth-order valence-electron chi connectivity index (χ4n) is 4.63. The maximum atomic E-state index is 13.9. The Morgan fingerprint density at radius 1 is 1.21 bits per heavy atom. The number of nitrogens with zero attached hydrogens (tertiary/aromatic N) is 2. The predicted molar refractivity (Wildman–Crippen MR) is 142 cm³/mol. The summed E-state index contributed by atoms with van der Waals surface area (Å²) in [4.78, 5) is 45.2. The largest absolute Gasteiger partial charge is 0.496 e. The van der Waals surface area contributed by atoms with E-state index in [1.807, 2.05) is 30.3 Å². The normalized spacial score (nSPS) is 17.7. The number of aldehydes is 1. The number of ether oxygens (including phenoxy) is 2. The summed E-state index contributed by atoms with van der Waals surface area (Å²) in [6.07, 6.45) is 2.28. The number of hydrogen-bond acceptors (Lipinski definition) is 7. The summed E-state index contributed by atoms with van der Waals surface area (Å²) in [5, 5.41) is 2.09. The molecule has 3 aromatic rings. The summed E-state index contributed by atoms with van der Waals surface area (Å²) >= 11 is 0. The van der Waals surface area contributed by atoms with E-state index in [2.05, 4.69) is 23.7 Å². The SMILES string of the molecule is COc1ccc2cc(C3CC3)ccc2c1CN1C(=O)[C@@H](NOC(=O)N(C)[C@@H](C)C=O)COc2ccccc21. The molecule has 1 N–H and O–H groups in total. The highest BCUT2D eigenvalue weighted by Gasteiger charge is 2.34. The number of fused-ring (bicyclic) bond motifs is 2. The van der Waals surface area contributed by atoms with Crippen molar-refractivity contribution in [3.8, 4) is 11.5 Å². The Bertz CT molecular complexity index is 1370. The van der Waals surface area contributed by atoms with Crippen molar-refractivity contribution in [1.82, 2.24) is 10.4 Å². The van der Waals surface area contributed by atoms with Crippen molar-refractivity contribution >= 4 is 34.7 Å². The van der Waals surface area contributed by atoms with Gasteiger partial charge in [0.1, 0.15) is 24.4 Å². The van der Waals surface area contributed by atoms with E-state index in [1.54, 1.807) is 25.0 Å². The van der Waals surface area contributed by atoms with Crippen molar-refractivity contribution in [3.63, 3.8) is 0 Å². The standard InChI is InChI=1S/C29H31N3O6/c1-18(16-33)31(2)29(35)38-30-24-17-37-27-7-5-4-6-25(27)32(28(24)34)15-23-22-12-10-20(19-8-9-19)14-21(22)11-13-26(23)36-3/h4-7,10-14,16,18-19,24,30H,8-9,15,17H2,1-3H3/t18-,24-/m0/s1. The van der Waals surface area contributed by atoms with Gasteiger partial charge in [0.05, 0.1) is 25.4 Å². The topological polar surface area (TPSA) is 97.4 Å². The van der Waals surface area contributed by atoms with E-state index < -0.39 is 18.2 Å². The zero-order valence-corrected chi connectivity index (χ0v) is 21.7. The third-order valence-electron chi connectivity index (χ3n) is 7.21. The Hall–Kier alpha value is -4.11. The Balaban J connectivity index is 1.46. The highest BCUT2D eigenvalue weighted by atomic mass is 16.7. The van der Waals surface area contributed by atoms with Crippen LogP contribution in [0.25, 0.3) is 10.8 Å². The molecule has 38 heavy (non-hydrogen) atoms. The van der Waals surface area contributed by atoms with Gasteiger partial charge >= 0.3 is 6.09 Å². The van der Waals surface area contributed by atoms with Crippen LogP contribution >= 0.6 is 0 Å². The minimum absolute atomic E-state index is 0.0516. The van der Waals surface area contributed by atoms with Crippen LogP contribution in [0.5, 0.6) is 11.5 Å². The van der Waals surface area contributed by atoms with Gasteiger partial charge in [-0.2, -0.15) is 0 Å². The predicted octanol–water partition coefficient (Wildman–Crippen LogP) is 4.18. The first-order valence-electron chi connectivity index (χ1n) is 12.7. The van der Waals surface area contributed by atoms with Crippen LogP contribution in [0.1, 0.15) is 36.8 Å². The Morgan fingerprint density at radius 3 is 2.74 bits per heavy atom. The first kappa shape index (κ1) is 25.5. The van der Waals surface area contributed by atoms with Crippen LogP contribution in [0.4, 0.5) is 10.5 Å². The van der Waals surface area contributed by atoms with Crippen LogP contribution in [-0.4, -0.2) is 56.0 Å². The molecule has 5 rings (SSSR count). The van der Waals surface area contributed by atoms with Gasteiger partial charge in [-0.3, -0.25) is 4.79 Å². The fourth-order valence-corrected chi connectivity index (χ4v) is 4.63. The summed E-state index contributed by atoms with van der Waals surface area (Å²) in [5.74, 6) is 1.51. The minimum Gasteiger partial charge on any atom is -0.496 e. The number of para-hydroxylation sites is 2. The first-order valence-corrected chi connectivity index (χ1v) is 12.7. The van der Waals surface area contributed by atoms with Gasteiger partial charge in [0.2, 0.25) is 0 Å². The molecule has 0 saturated heterocycles. The van der Waals surface area contributed by atoms with E-state index in [0.717, 1.165) is 21.2 Å². The molecule has 0 bridgehead atoms. The van der Waals surface area contributed by atoms with E-state index in [1.165, 1.54) is 25.5 Å². The molecule has 2 amide bonds. The van der Waals surface area contributed by atoms with Gasteiger partial charge in [0.25, 0.3) is 5.91 Å². The lowest BCUT2D eigenvalue weighted by atomic mass is 9.98. The molecule has 0 aromatic heterocycles. The Labute approximate surface area is 221 Å². The third-order valence-corrected chi connectivity index (χ3v) is 7.21. The molecule has 2 aliphatic rings. The van der Waals surface area contributed by atoms with Crippen LogP contribution in [0.2, 0.25) is 0 Å². The number of rotatable bonds is 8. The lowest BCUT2D eigenvalue weighted by Crippen LogP contribution is -2.50. The molecule has 1 aliphatic heterocycles. The number of benzene rings is 3. The highest BCUT2D eigenvalue weighted by Crippen LogP contribution is 2.42. The van der Waals surface area contributed by atoms with Gasteiger partial charge in [0, 0.05) is 12.6 Å². The molecule has 1 aliphatic carbocycles. The van der Waals surface area contributed by atoms with Crippen molar-refractivity contribution in [2.75, 3.05) is 25.7 Å². The third kappa shape index (κ3) is 5.02. The molecular formula is C29H31N3O6. The van der Waals surface area contributed by atoms with Gasteiger partial charge in [-0.1, -0.05) is 36.4 Å². The minimum atomic E-state index is -0.978. The number of anilines is 1. The summed E-state index contributed by atoms with van der Waals surface area (Å²) in [6.45, 7) is 1.73. The second kappa shape index (κ2) is 10.7. The van der Waals surface area contributed by atoms with Crippen LogP contribution in [0.3, 0.4) is 0 Å². The molecule has 1 saturated carbocycles. The molecule has 0 spiro atoms. The summed E-state index contributed by atoms with van der Waals surface area (Å²) in [7, 11) is 3.06. The van der Waals surface area contributed by atoms with Crippen LogP contribution in [0.15, 0.2) is 54.6 Å². The molecule has 9 heteroatoms. The summed E-state index contributed by atoms with van der Waals surface area (Å²) < 4.78 is 11.7. The molecule has 2 atom stereocenters. The van der Waals surface area contributed by atoms with Gasteiger partial charge < -0.3 is 28.9 Å². The van der Waals surface area contributed by atoms with Crippen LogP contribution < -0.4 is 19.9 Å². The summed E-state index contributed by atoms with van der Waals surface area (Å²) in [5.41, 5.74) is 5.36. The number of hydroxylamine groups is 1. The first-order chi connectivity index (χ1) is 18.4. The van der Waals surface area contributed by atoms with Crippen molar-refractivity contribution in [3.05, 3.63) is 65.7 Å². The lowest BCUT2D eigenvalue weighted by molar-refractivity contribution is -0.124. The van der Waals surface area contributed by atoms with Crippen LogP contribution in [0, 0.1) is 0 Å². The van der Waals surface area contributed by atoms with Crippen LogP contribution in [-0.2, 0) is 21.0 Å². The summed E-state index contributed by atoms with van der Waals surface area (Å²) in [6, 6.07) is 16.1. The van der Waals surface area contributed by atoms with E-state index in [9.17, 15) is 14.4 Å². The van der Waals surface area contributed by atoms with E-state index >= 15 is 0 Å². The number of carbonyl (C=O) groups excluding carboxylic acids is 3. The lowest BCUT2D eigenvalue weighted by Gasteiger charge is -2.27. The molecule has 198 valence electrons. The molecule has 1 heterocycles. The van der Waals surface area contributed by atoms with Gasteiger partial charge in [-0.25, -0.2) is 4.79 Å². The zero-order chi connectivity index (χ0) is 26.8. The molecule has 0 radical (unpaired) electrons. The average molecular weight is 518 g/mol. The average Bonchev–Trinajstić information content (AvgIpc) is 3.80. The fraction of sp³-hybridized carbons (Fsp3) is 0.345. The quantitative estimate of drug-likeness (QED) is 0.354. The number of amides is 2. The van der Waals surface area contributed by atoms with Crippen molar-refractivity contribution in [2.24, 2.45) is 0 Å². The monoisotopic (exact) mass is 517 g/mol. The van der Waals surface area contributed by atoms with Gasteiger partial charge in [-0.05, 0) is 60.2 Å².